The van der Waals surface area contributed by atoms with Gasteiger partial charge in [0, 0.05) is 32.6 Å². The second-order valence-corrected chi connectivity index (χ2v) is 8.85. The predicted molar refractivity (Wildman–Crippen MR) is 135 cm³/mol. The second-order valence-electron chi connectivity index (χ2n) is 8.85. The molecule has 2 aromatic carbocycles. The van der Waals surface area contributed by atoms with Gasteiger partial charge in [0.1, 0.15) is 29.9 Å². The quantitative estimate of drug-likeness (QED) is 0.421. The summed E-state index contributed by atoms with van der Waals surface area (Å²) < 4.78 is 70.4. The number of methoxy groups -OCH3 is 3. The first kappa shape index (κ1) is 29.3. The van der Waals surface area contributed by atoms with Crippen LogP contribution in [-0.2, 0) is 23.7 Å². The van der Waals surface area contributed by atoms with Crippen LogP contribution in [-0.4, -0.2) is 79.3 Å². The number of hydrogen-bond donors (Lipinski definition) is 1. The summed E-state index contributed by atoms with van der Waals surface area (Å²) >= 11 is 0. The van der Waals surface area contributed by atoms with Crippen molar-refractivity contribution in [2.45, 2.75) is 50.9 Å². The van der Waals surface area contributed by atoms with Crippen molar-refractivity contribution in [2.75, 3.05) is 26.6 Å². The Hall–Kier alpha value is -3.72. The molecule has 1 saturated heterocycles. The number of nitrogens with zero attached hydrogens (tertiary/aromatic N) is 3. The summed E-state index contributed by atoms with van der Waals surface area (Å²) in [6, 6.07) is 12.0. The molecule has 1 aromatic heterocycles. The highest BCUT2D eigenvalue weighted by Crippen LogP contribution is 2.28. The number of alkyl halides is 3. The molecule has 5 atom stereocenters. The molecule has 0 spiro atoms. The highest BCUT2D eigenvalue weighted by Gasteiger charge is 2.47. The lowest BCUT2D eigenvalue weighted by Crippen LogP contribution is -2.59. The third-order valence-electron chi connectivity index (χ3n) is 6.24. The van der Waals surface area contributed by atoms with Crippen LogP contribution in [0.2, 0.25) is 0 Å². The van der Waals surface area contributed by atoms with Crippen molar-refractivity contribution in [1.82, 2.24) is 14.8 Å². The van der Waals surface area contributed by atoms with Crippen LogP contribution in [0.3, 0.4) is 0 Å². The molecule has 3 aromatic rings. The van der Waals surface area contributed by atoms with Crippen molar-refractivity contribution in [3.05, 3.63) is 54.4 Å². The maximum Gasteiger partial charge on any atom is 0.573 e. The van der Waals surface area contributed by atoms with E-state index in [1.54, 1.807) is 38.1 Å². The van der Waals surface area contributed by atoms with Crippen molar-refractivity contribution in [2.24, 2.45) is 0 Å². The first-order valence-corrected chi connectivity index (χ1v) is 12.1. The first-order chi connectivity index (χ1) is 19.0. The van der Waals surface area contributed by atoms with E-state index in [-0.39, 0.29) is 5.75 Å². The number of rotatable bonds is 8. The molecule has 40 heavy (non-hydrogen) atoms. The number of carbonyl (C=O) groups is 1. The van der Waals surface area contributed by atoms with Gasteiger partial charge in [-0.3, -0.25) is 5.32 Å². The van der Waals surface area contributed by atoms with Crippen molar-refractivity contribution in [1.29, 1.82) is 0 Å². The zero-order chi connectivity index (χ0) is 29.0. The molecular formula is C26H29F3N4O7. The number of hydrogen-bond acceptors (Lipinski definition) is 9. The van der Waals surface area contributed by atoms with Gasteiger partial charge >= 0.3 is 12.5 Å². The van der Waals surface area contributed by atoms with Gasteiger partial charge in [-0.1, -0.05) is 0 Å². The molecule has 1 aliphatic rings. The maximum atomic E-state index is 12.6. The Labute approximate surface area is 228 Å². The number of aromatic nitrogens is 3. The van der Waals surface area contributed by atoms with Gasteiger partial charge in [0.25, 0.3) is 0 Å². The van der Waals surface area contributed by atoms with Gasteiger partial charge in [-0.15, -0.1) is 18.3 Å². The molecule has 1 amide bonds. The largest absolute Gasteiger partial charge is 0.573 e. The highest BCUT2D eigenvalue weighted by atomic mass is 19.4. The van der Waals surface area contributed by atoms with E-state index >= 15 is 0 Å². The third kappa shape index (κ3) is 6.70. The van der Waals surface area contributed by atoms with Crippen LogP contribution in [0.15, 0.2) is 48.5 Å². The van der Waals surface area contributed by atoms with Gasteiger partial charge in [-0.25, -0.2) is 14.5 Å². The van der Waals surface area contributed by atoms with Crippen LogP contribution in [0.4, 0.5) is 23.7 Å². The lowest BCUT2D eigenvalue weighted by Gasteiger charge is -2.43. The minimum atomic E-state index is -4.77. The third-order valence-corrected chi connectivity index (χ3v) is 6.24. The van der Waals surface area contributed by atoms with Gasteiger partial charge in [0.2, 0.25) is 6.29 Å². The van der Waals surface area contributed by atoms with E-state index in [9.17, 15) is 18.0 Å². The van der Waals surface area contributed by atoms with Crippen LogP contribution in [0.25, 0.3) is 17.1 Å². The summed E-state index contributed by atoms with van der Waals surface area (Å²) in [6.07, 6.45) is -8.61. The minimum absolute atomic E-state index is 0.337. The molecule has 1 fully saturated rings. The molecule has 2 heterocycles. The summed E-state index contributed by atoms with van der Waals surface area (Å²) in [5.41, 5.74) is 1.60. The molecule has 14 heteroatoms. The Morgan fingerprint density at radius 2 is 1.57 bits per heavy atom. The Kier molecular flexibility index (Phi) is 8.93. The normalized spacial score (nSPS) is 23.1. The fourth-order valence-corrected chi connectivity index (χ4v) is 4.41. The van der Waals surface area contributed by atoms with Crippen LogP contribution >= 0.6 is 0 Å². The summed E-state index contributed by atoms with van der Waals surface area (Å²) in [7, 11) is 4.52. The number of ether oxygens (including phenoxy) is 6. The molecular weight excluding hydrogens is 537 g/mol. The molecule has 1 aliphatic heterocycles. The second kappa shape index (κ2) is 12.2. The Morgan fingerprint density at radius 1 is 0.950 bits per heavy atom. The fourth-order valence-electron chi connectivity index (χ4n) is 4.41. The summed E-state index contributed by atoms with van der Waals surface area (Å²) in [4.78, 5) is 17.1. The van der Waals surface area contributed by atoms with Gasteiger partial charge in [-0.05, 0) is 62.4 Å². The Morgan fingerprint density at radius 3 is 2.15 bits per heavy atom. The number of carbonyl (C=O) groups excluding carboxylic acids is 1. The van der Waals surface area contributed by atoms with E-state index in [4.69, 9.17) is 23.7 Å². The molecule has 0 saturated carbocycles. The summed E-state index contributed by atoms with van der Waals surface area (Å²) in [5, 5.41) is 7.10. The number of nitrogens with one attached hydrogen (secondary N) is 1. The highest BCUT2D eigenvalue weighted by molar-refractivity contribution is 5.85. The van der Waals surface area contributed by atoms with E-state index in [1.165, 1.54) is 50.3 Å². The van der Waals surface area contributed by atoms with E-state index in [1.807, 2.05) is 0 Å². The van der Waals surface area contributed by atoms with Crippen molar-refractivity contribution in [3.8, 4) is 22.8 Å². The van der Waals surface area contributed by atoms with Gasteiger partial charge in [0.15, 0.2) is 5.82 Å². The van der Waals surface area contributed by atoms with Crippen molar-refractivity contribution < 1.29 is 46.4 Å². The van der Waals surface area contributed by atoms with Crippen molar-refractivity contribution in [3.63, 3.8) is 0 Å². The molecule has 216 valence electrons. The average Bonchev–Trinajstić information content (AvgIpc) is 3.29. The minimum Gasteiger partial charge on any atom is -0.416 e. The van der Waals surface area contributed by atoms with Crippen molar-refractivity contribution >= 4 is 11.8 Å². The molecule has 0 unspecified atom stereocenters. The molecule has 1 N–H and O–H groups in total. The van der Waals surface area contributed by atoms with E-state index < -0.39 is 43.2 Å². The van der Waals surface area contributed by atoms with Crippen LogP contribution in [0.1, 0.15) is 12.7 Å². The Bertz CT molecular complexity index is 1280. The lowest BCUT2D eigenvalue weighted by molar-refractivity contribution is -0.288. The van der Waals surface area contributed by atoms with Gasteiger partial charge in [-0.2, -0.15) is 0 Å². The lowest BCUT2D eigenvalue weighted by atomic mass is 9.99. The molecule has 0 bridgehead atoms. The van der Waals surface area contributed by atoms with E-state index in [0.29, 0.717) is 28.6 Å². The zero-order valence-corrected chi connectivity index (χ0v) is 22.3. The first-order valence-electron chi connectivity index (χ1n) is 12.1. The van der Waals surface area contributed by atoms with Crippen LogP contribution in [0.5, 0.6) is 5.75 Å². The van der Waals surface area contributed by atoms with E-state index in [2.05, 4.69) is 20.1 Å². The fraction of sp³-hybridized carbons (Fsp3) is 0.423. The monoisotopic (exact) mass is 566 g/mol. The molecule has 11 nitrogen and oxygen atoms in total. The number of anilines is 1. The van der Waals surface area contributed by atoms with Crippen LogP contribution in [0, 0.1) is 6.92 Å². The number of aryl methyl sites for hydroxylation is 1. The summed E-state index contributed by atoms with van der Waals surface area (Å²) in [5.74, 6) is 0.564. The number of amides is 1. The Balaban J connectivity index is 1.40. The predicted octanol–water partition coefficient (Wildman–Crippen LogP) is 4.48. The molecule has 0 aliphatic carbocycles. The topological polar surface area (TPSA) is 115 Å². The van der Waals surface area contributed by atoms with Gasteiger partial charge in [0.05, 0.1) is 11.8 Å². The van der Waals surface area contributed by atoms with E-state index in [0.717, 1.165) is 0 Å². The smallest absolute Gasteiger partial charge is 0.416 e. The number of benzene rings is 2. The maximum absolute atomic E-state index is 12.6. The zero-order valence-electron chi connectivity index (χ0n) is 22.3. The van der Waals surface area contributed by atoms with Gasteiger partial charge < -0.3 is 28.4 Å². The number of halogens is 3. The van der Waals surface area contributed by atoms with Crippen LogP contribution < -0.4 is 10.1 Å². The molecule has 0 radical (unpaired) electrons. The average molecular weight is 567 g/mol. The summed E-state index contributed by atoms with van der Waals surface area (Å²) in [6.45, 7) is 3.50. The standard InChI is InChI=1S/C26H29F3N4O7/c1-14-20(35-3)21(36-4)22(37-5)24(38-14)39-25(34)31-17-8-6-16(7-9-17)23-30-15(2)33(32-23)18-10-12-19(13-11-18)40-26(27,28)29/h6-14,20-22,24H,1-5H3,(H,31,34)/t14-,20-,21+,22+,24-/m0/s1. The molecule has 4 rings (SSSR count). The SMILES string of the molecule is CO[C@@H]1[C@@H](OC)[C@H](C)O[C@@H](OC(=O)Nc2ccc(-c3nc(C)n(-c4ccc(OC(F)(F)F)cc4)n3)cc2)[C@@H]1OC.